The van der Waals surface area contributed by atoms with E-state index >= 15 is 0 Å². The molecular formula is C19H27N3O4. The number of nitrogens with zero attached hydrogens (tertiary/aromatic N) is 2. The van der Waals surface area contributed by atoms with Crippen LogP contribution in [0, 0.1) is 0 Å². The summed E-state index contributed by atoms with van der Waals surface area (Å²) in [5, 5.41) is 2.93. The summed E-state index contributed by atoms with van der Waals surface area (Å²) < 4.78 is 17.7. The van der Waals surface area contributed by atoms with Crippen molar-refractivity contribution in [1.82, 2.24) is 9.47 Å². The molecule has 0 saturated heterocycles. The Bertz CT molecular complexity index is 715. The average Bonchev–Trinajstić information content (AvgIpc) is 3.06. The highest BCUT2D eigenvalue weighted by Gasteiger charge is 2.17. The molecule has 1 heterocycles. The van der Waals surface area contributed by atoms with E-state index in [1.807, 2.05) is 29.9 Å². The number of methoxy groups -OCH3 is 3. The van der Waals surface area contributed by atoms with Gasteiger partial charge in [-0.2, -0.15) is 0 Å². The SMILES string of the molecule is COCCCN(Cc1cccn1C)C(=O)Nc1ccc(OC)cc1OC. The molecule has 7 heteroatoms. The van der Waals surface area contributed by atoms with Crippen LogP contribution in [0.3, 0.4) is 0 Å². The summed E-state index contributed by atoms with van der Waals surface area (Å²) in [7, 11) is 6.77. The zero-order chi connectivity index (χ0) is 18.9. The van der Waals surface area contributed by atoms with Crippen molar-refractivity contribution in [1.29, 1.82) is 0 Å². The standard InChI is InChI=1S/C19H27N3O4/c1-21-10-5-7-15(21)14-22(11-6-12-24-2)19(23)20-17-9-8-16(25-3)13-18(17)26-4/h5,7-10,13H,6,11-12,14H2,1-4H3,(H,20,23). The number of aromatic nitrogens is 1. The summed E-state index contributed by atoms with van der Waals surface area (Å²) in [5.41, 5.74) is 1.65. The number of urea groups is 1. The molecule has 142 valence electrons. The van der Waals surface area contributed by atoms with Crippen molar-refractivity contribution in [2.75, 3.05) is 39.8 Å². The third kappa shape index (κ3) is 5.16. The van der Waals surface area contributed by atoms with E-state index in [-0.39, 0.29) is 6.03 Å². The van der Waals surface area contributed by atoms with Gasteiger partial charge in [0.25, 0.3) is 0 Å². The van der Waals surface area contributed by atoms with Gasteiger partial charge in [-0.15, -0.1) is 0 Å². The van der Waals surface area contributed by atoms with Gasteiger partial charge in [-0.1, -0.05) is 0 Å². The molecule has 0 bridgehead atoms. The lowest BCUT2D eigenvalue weighted by molar-refractivity contribution is 0.171. The minimum absolute atomic E-state index is 0.189. The summed E-state index contributed by atoms with van der Waals surface area (Å²) in [6, 6.07) is 9.07. The van der Waals surface area contributed by atoms with Crippen molar-refractivity contribution in [3.05, 3.63) is 42.2 Å². The van der Waals surface area contributed by atoms with Crippen molar-refractivity contribution >= 4 is 11.7 Å². The Labute approximate surface area is 154 Å². The Morgan fingerprint density at radius 1 is 1.19 bits per heavy atom. The van der Waals surface area contributed by atoms with Crippen LogP contribution in [-0.4, -0.2) is 50.0 Å². The number of carbonyl (C=O) groups excluding carboxylic acids is 1. The molecular weight excluding hydrogens is 334 g/mol. The highest BCUT2D eigenvalue weighted by Crippen LogP contribution is 2.29. The van der Waals surface area contributed by atoms with Gasteiger partial charge in [0.15, 0.2) is 0 Å². The lowest BCUT2D eigenvalue weighted by atomic mass is 10.2. The number of amides is 2. The van der Waals surface area contributed by atoms with Crippen LogP contribution >= 0.6 is 0 Å². The first-order valence-corrected chi connectivity index (χ1v) is 8.46. The van der Waals surface area contributed by atoms with Crippen molar-refractivity contribution in [2.24, 2.45) is 7.05 Å². The van der Waals surface area contributed by atoms with Gasteiger partial charge in [0.2, 0.25) is 0 Å². The number of benzene rings is 1. The van der Waals surface area contributed by atoms with Crippen LogP contribution in [0.1, 0.15) is 12.1 Å². The molecule has 0 radical (unpaired) electrons. The van der Waals surface area contributed by atoms with E-state index in [0.717, 1.165) is 12.1 Å². The Kier molecular flexibility index (Phi) is 7.35. The van der Waals surface area contributed by atoms with E-state index in [4.69, 9.17) is 14.2 Å². The van der Waals surface area contributed by atoms with Gasteiger partial charge >= 0.3 is 6.03 Å². The van der Waals surface area contributed by atoms with E-state index in [9.17, 15) is 4.79 Å². The molecule has 26 heavy (non-hydrogen) atoms. The highest BCUT2D eigenvalue weighted by atomic mass is 16.5. The number of nitrogens with one attached hydrogen (secondary N) is 1. The lowest BCUT2D eigenvalue weighted by Crippen LogP contribution is -2.36. The van der Waals surface area contributed by atoms with Crippen LogP contribution in [0.5, 0.6) is 11.5 Å². The number of anilines is 1. The number of hydrogen-bond donors (Lipinski definition) is 1. The number of carbonyl (C=O) groups is 1. The molecule has 1 aromatic heterocycles. The minimum atomic E-state index is -0.189. The monoisotopic (exact) mass is 361 g/mol. The number of aryl methyl sites for hydroxylation is 1. The second-order valence-corrected chi connectivity index (χ2v) is 5.87. The quantitative estimate of drug-likeness (QED) is 0.697. The first kappa shape index (κ1) is 19.7. The molecule has 0 aliphatic rings. The third-order valence-corrected chi connectivity index (χ3v) is 4.12. The summed E-state index contributed by atoms with van der Waals surface area (Å²) >= 11 is 0. The largest absolute Gasteiger partial charge is 0.497 e. The van der Waals surface area contributed by atoms with Crippen LogP contribution in [-0.2, 0) is 18.3 Å². The molecule has 1 aromatic carbocycles. The molecule has 0 aliphatic carbocycles. The molecule has 0 fully saturated rings. The fourth-order valence-corrected chi connectivity index (χ4v) is 2.60. The molecule has 1 N–H and O–H groups in total. The Hall–Kier alpha value is -2.67. The van der Waals surface area contributed by atoms with E-state index in [0.29, 0.717) is 36.9 Å². The van der Waals surface area contributed by atoms with Gasteiger partial charge in [0, 0.05) is 45.3 Å². The molecule has 7 nitrogen and oxygen atoms in total. The van der Waals surface area contributed by atoms with Gasteiger partial charge in [-0.3, -0.25) is 0 Å². The third-order valence-electron chi connectivity index (χ3n) is 4.12. The Balaban J connectivity index is 2.13. The van der Waals surface area contributed by atoms with Crippen molar-refractivity contribution < 1.29 is 19.0 Å². The number of ether oxygens (including phenoxy) is 3. The number of hydrogen-bond acceptors (Lipinski definition) is 4. The zero-order valence-electron chi connectivity index (χ0n) is 15.8. The molecule has 0 saturated carbocycles. The fourth-order valence-electron chi connectivity index (χ4n) is 2.60. The average molecular weight is 361 g/mol. The maximum Gasteiger partial charge on any atom is 0.322 e. The van der Waals surface area contributed by atoms with Crippen LogP contribution in [0.15, 0.2) is 36.5 Å². The second-order valence-electron chi connectivity index (χ2n) is 5.87. The molecule has 0 aliphatic heterocycles. The maximum atomic E-state index is 12.8. The van der Waals surface area contributed by atoms with Crippen LogP contribution in [0.4, 0.5) is 10.5 Å². The van der Waals surface area contributed by atoms with Crippen molar-refractivity contribution in [3.63, 3.8) is 0 Å². The van der Waals surface area contributed by atoms with Crippen LogP contribution in [0.25, 0.3) is 0 Å². The molecule has 2 rings (SSSR count). The van der Waals surface area contributed by atoms with E-state index < -0.39 is 0 Å². The van der Waals surface area contributed by atoms with Gasteiger partial charge in [-0.25, -0.2) is 4.79 Å². The second kappa shape index (κ2) is 9.72. The molecule has 0 unspecified atom stereocenters. The molecule has 0 spiro atoms. The predicted octanol–water partition coefficient (Wildman–Crippen LogP) is 3.11. The summed E-state index contributed by atoms with van der Waals surface area (Å²) in [4.78, 5) is 14.6. The maximum absolute atomic E-state index is 12.8. The van der Waals surface area contributed by atoms with Gasteiger partial charge < -0.3 is 29.0 Å². The van der Waals surface area contributed by atoms with Crippen molar-refractivity contribution in [3.8, 4) is 11.5 Å². The summed E-state index contributed by atoms with van der Waals surface area (Å²) in [5.74, 6) is 1.22. The predicted molar refractivity (Wildman–Crippen MR) is 101 cm³/mol. The number of rotatable bonds is 9. The lowest BCUT2D eigenvalue weighted by Gasteiger charge is -2.24. The van der Waals surface area contributed by atoms with Gasteiger partial charge in [0.1, 0.15) is 11.5 Å². The van der Waals surface area contributed by atoms with Crippen LogP contribution in [0.2, 0.25) is 0 Å². The van der Waals surface area contributed by atoms with E-state index in [2.05, 4.69) is 5.32 Å². The first-order valence-electron chi connectivity index (χ1n) is 8.46. The Morgan fingerprint density at radius 3 is 2.62 bits per heavy atom. The van der Waals surface area contributed by atoms with Crippen LogP contribution < -0.4 is 14.8 Å². The minimum Gasteiger partial charge on any atom is -0.497 e. The fraction of sp³-hybridized carbons (Fsp3) is 0.421. The topological polar surface area (TPSA) is 65.0 Å². The molecule has 2 aromatic rings. The first-order chi connectivity index (χ1) is 12.6. The summed E-state index contributed by atoms with van der Waals surface area (Å²) in [6.07, 6.45) is 2.72. The van der Waals surface area contributed by atoms with Crippen molar-refractivity contribution in [2.45, 2.75) is 13.0 Å². The highest BCUT2D eigenvalue weighted by molar-refractivity contribution is 5.91. The normalized spacial score (nSPS) is 10.5. The smallest absolute Gasteiger partial charge is 0.322 e. The van der Waals surface area contributed by atoms with Gasteiger partial charge in [0.05, 0.1) is 26.5 Å². The molecule has 2 amide bonds. The van der Waals surface area contributed by atoms with E-state index in [1.165, 1.54) is 0 Å². The van der Waals surface area contributed by atoms with E-state index in [1.54, 1.807) is 44.4 Å². The zero-order valence-corrected chi connectivity index (χ0v) is 15.8. The molecule has 0 atom stereocenters. The van der Waals surface area contributed by atoms with Gasteiger partial charge in [-0.05, 0) is 30.7 Å². The summed E-state index contributed by atoms with van der Waals surface area (Å²) in [6.45, 7) is 1.70. The Morgan fingerprint density at radius 2 is 2.00 bits per heavy atom.